The Morgan fingerprint density at radius 2 is 1.79 bits per heavy atom. The van der Waals surface area contributed by atoms with E-state index in [4.69, 9.17) is 0 Å². The van der Waals surface area contributed by atoms with Gasteiger partial charge in [0, 0.05) is 25.3 Å². The normalized spacial score (nSPS) is 10.1. The Bertz CT molecular complexity index is 387. The quantitative estimate of drug-likeness (QED) is 0.722. The first-order valence-corrected chi connectivity index (χ1v) is 5.38. The molecule has 0 aliphatic heterocycles. The van der Waals surface area contributed by atoms with Crippen LogP contribution in [0.4, 0.5) is 5.69 Å². The molecule has 0 unspecified atom stereocenters. The van der Waals surface area contributed by atoms with Gasteiger partial charge in [0.2, 0.25) is 0 Å². The van der Waals surface area contributed by atoms with Crippen LogP contribution in [0.3, 0.4) is 0 Å². The average molecular weight is 202 g/mol. The van der Waals surface area contributed by atoms with E-state index in [1.807, 2.05) is 14.1 Å². The zero-order chi connectivity index (χ0) is 9.97. The number of anilines is 1. The molecule has 0 atom stereocenters. The Balaban J connectivity index is 2.31. The fourth-order valence-corrected chi connectivity index (χ4v) is 1.91. The zero-order valence-electron chi connectivity index (χ0n) is 8.32. The molecule has 0 bridgehead atoms. The van der Waals surface area contributed by atoms with Gasteiger partial charge >= 0.3 is 0 Å². The fraction of sp³-hybridized carbons (Fsp3) is 0.167. The molecular formula is C12H12NS. The number of hydrogen-bond donors (Lipinski definition) is 0. The van der Waals surface area contributed by atoms with Crippen molar-refractivity contribution in [2.45, 2.75) is 0 Å². The highest BCUT2D eigenvalue weighted by Crippen LogP contribution is 2.23. The van der Waals surface area contributed by atoms with Crippen molar-refractivity contribution in [2.75, 3.05) is 19.0 Å². The second-order valence-corrected chi connectivity index (χ2v) is 4.09. The van der Waals surface area contributed by atoms with E-state index in [0.717, 1.165) is 0 Å². The van der Waals surface area contributed by atoms with Crippen molar-refractivity contribution in [1.82, 2.24) is 0 Å². The maximum Gasteiger partial charge on any atom is 0.0527 e. The fourth-order valence-electron chi connectivity index (χ4n) is 1.33. The van der Waals surface area contributed by atoms with E-state index in [-0.39, 0.29) is 0 Å². The van der Waals surface area contributed by atoms with Crippen LogP contribution in [0.5, 0.6) is 0 Å². The highest BCUT2D eigenvalue weighted by Gasteiger charge is 1.99. The van der Waals surface area contributed by atoms with E-state index in [1.165, 1.54) is 16.8 Å². The van der Waals surface area contributed by atoms with Gasteiger partial charge in [-0.2, -0.15) is 0 Å². The van der Waals surface area contributed by atoms with E-state index < -0.39 is 0 Å². The summed E-state index contributed by atoms with van der Waals surface area (Å²) >= 11 is 1.61. The SMILES string of the molecule is CN(C)c1ccc(-c2[c]scc2)cc1. The molecule has 0 amide bonds. The van der Waals surface area contributed by atoms with Crippen molar-refractivity contribution >= 4 is 17.0 Å². The van der Waals surface area contributed by atoms with Crippen LogP contribution in [0.25, 0.3) is 11.1 Å². The molecule has 2 rings (SSSR count). The molecule has 0 aliphatic rings. The first-order chi connectivity index (χ1) is 6.77. The minimum absolute atomic E-state index is 1.18. The van der Waals surface area contributed by atoms with Crippen molar-refractivity contribution in [3.63, 3.8) is 0 Å². The van der Waals surface area contributed by atoms with Crippen molar-refractivity contribution in [2.24, 2.45) is 0 Å². The van der Waals surface area contributed by atoms with Gasteiger partial charge in [-0.25, -0.2) is 0 Å². The summed E-state index contributed by atoms with van der Waals surface area (Å²) in [5.41, 5.74) is 3.64. The lowest BCUT2D eigenvalue weighted by Crippen LogP contribution is -2.07. The lowest BCUT2D eigenvalue weighted by molar-refractivity contribution is 1.13. The predicted octanol–water partition coefficient (Wildman–Crippen LogP) is 3.28. The number of thiophene rings is 1. The summed E-state index contributed by atoms with van der Waals surface area (Å²) in [7, 11) is 4.09. The van der Waals surface area contributed by atoms with Gasteiger partial charge in [0.15, 0.2) is 0 Å². The van der Waals surface area contributed by atoms with E-state index in [2.05, 4.69) is 46.0 Å². The summed E-state index contributed by atoms with van der Waals surface area (Å²) in [6.45, 7) is 0. The van der Waals surface area contributed by atoms with Gasteiger partial charge < -0.3 is 4.90 Å². The number of benzene rings is 1. The van der Waals surface area contributed by atoms with Crippen LogP contribution >= 0.6 is 11.3 Å². The van der Waals surface area contributed by atoms with E-state index in [9.17, 15) is 0 Å². The van der Waals surface area contributed by atoms with Gasteiger partial charge in [-0.1, -0.05) is 12.1 Å². The molecule has 1 aromatic carbocycles. The average Bonchev–Trinajstić information content (AvgIpc) is 2.71. The Morgan fingerprint density at radius 3 is 2.29 bits per heavy atom. The Morgan fingerprint density at radius 1 is 1.07 bits per heavy atom. The molecule has 0 aliphatic carbocycles. The van der Waals surface area contributed by atoms with Gasteiger partial charge in [-0.05, 0) is 29.1 Å². The predicted molar refractivity (Wildman–Crippen MR) is 62.9 cm³/mol. The maximum atomic E-state index is 3.23. The van der Waals surface area contributed by atoms with E-state index in [1.54, 1.807) is 11.3 Å². The van der Waals surface area contributed by atoms with Gasteiger partial charge in [0.05, 0.1) is 5.38 Å². The van der Waals surface area contributed by atoms with Crippen LogP contribution in [0.1, 0.15) is 0 Å². The summed E-state index contributed by atoms with van der Waals surface area (Å²) in [5, 5.41) is 5.28. The van der Waals surface area contributed by atoms with E-state index in [0.29, 0.717) is 0 Å². The molecule has 0 N–H and O–H groups in total. The number of rotatable bonds is 2. The van der Waals surface area contributed by atoms with Crippen LogP contribution in [0.15, 0.2) is 35.7 Å². The lowest BCUT2D eigenvalue weighted by atomic mass is 10.1. The monoisotopic (exact) mass is 202 g/mol. The minimum Gasteiger partial charge on any atom is -0.378 e. The summed E-state index contributed by atoms with van der Waals surface area (Å²) in [5.74, 6) is 0. The third-order valence-electron chi connectivity index (χ3n) is 2.17. The molecule has 2 heteroatoms. The summed E-state index contributed by atoms with van der Waals surface area (Å²) < 4.78 is 0. The first-order valence-electron chi connectivity index (χ1n) is 4.50. The van der Waals surface area contributed by atoms with Crippen LogP contribution < -0.4 is 4.90 Å². The molecule has 1 aromatic heterocycles. The largest absolute Gasteiger partial charge is 0.378 e. The van der Waals surface area contributed by atoms with Gasteiger partial charge in [-0.15, -0.1) is 11.3 Å². The highest BCUT2D eigenvalue weighted by molar-refractivity contribution is 7.07. The van der Waals surface area contributed by atoms with Crippen molar-refractivity contribution < 1.29 is 0 Å². The summed E-state index contributed by atoms with van der Waals surface area (Å²) in [6, 6.07) is 10.6. The standard InChI is InChI=1S/C12H12NS/c1-13(2)12-5-3-10(4-6-12)11-7-8-14-9-11/h3-8H,1-2H3. The molecule has 1 nitrogen and oxygen atoms in total. The molecular weight excluding hydrogens is 190 g/mol. The van der Waals surface area contributed by atoms with Gasteiger partial charge in [0.25, 0.3) is 0 Å². The van der Waals surface area contributed by atoms with Crippen molar-refractivity contribution in [3.05, 3.63) is 41.1 Å². The second kappa shape index (κ2) is 3.84. The second-order valence-electron chi connectivity index (χ2n) is 3.38. The molecule has 0 saturated carbocycles. The zero-order valence-corrected chi connectivity index (χ0v) is 9.14. The van der Waals surface area contributed by atoms with Crippen LogP contribution in [-0.2, 0) is 0 Å². The third kappa shape index (κ3) is 1.80. The third-order valence-corrected chi connectivity index (χ3v) is 2.78. The topological polar surface area (TPSA) is 3.24 Å². The smallest absolute Gasteiger partial charge is 0.0527 e. The number of nitrogens with zero attached hydrogens (tertiary/aromatic N) is 1. The highest BCUT2D eigenvalue weighted by atomic mass is 32.1. The Labute approximate surface area is 88.6 Å². The van der Waals surface area contributed by atoms with Crippen LogP contribution in [0.2, 0.25) is 0 Å². The van der Waals surface area contributed by atoms with Gasteiger partial charge in [0.1, 0.15) is 0 Å². The van der Waals surface area contributed by atoms with Crippen molar-refractivity contribution in [1.29, 1.82) is 0 Å². The van der Waals surface area contributed by atoms with Crippen molar-refractivity contribution in [3.8, 4) is 11.1 Å². The van der Waals surface area contributed by atoms with Crippen LogP contribution in [-0.4, -0.2) is 14.1 Å². The number of hydrogen-bond acceptors (Lipinski definition) is 2. The first kappa shape index (κ1) is 9.28. The van der Waals surface area contributed by atoms with Crippen LogP contribution in [0, 0.1) is 5.38 Å². The molecule has 2 aromatic rings. The molecule has 1 radical (unpaired) electrons. The Kier molecular flexibility index (Phi) is 2.55. The molecule has 0 spiro atoms. The maximum absolute atomic E-state index is 3.23. The Hall–Kier alpha value is -1.28. The molecule has 14 heavy (non-hydrogen) atoms. The molecule has 1 heterocycles. The lowest BCUT2D eigenvalue weighted by Gasteiger charge is -2.12. The summed E-state index contributed by atoms with van der Waals surface area (Å²) in [4.78, 5) is 2.10. The summed E-state index contributed by atoms with van der Waals surface area (Å²) in [6.07, 6.45) is 0. The molecule has 0 saturated heterocycles. The van der Waals surface area contributed by atoms with Gasteiger partial charge in [-0.3, -0.25) is 0 Å². The molecule has 0 fully saturated rings. The minimum atomic E-state index is 1.18. The van der Waals surface area contributed by atoms with E-state index >= 15 is 0 Å². The molecule has 71 valence electrons.